The van der Waals surface area contributed by atoms with Crippen molar-refractivity contribution in [3.63, 3.8) is 0 Å². The largest absolute Gasteiger partial charge is 0.306 e. The highest BCUT2D eigenvalue weighted by atomic mass is 19.1. The molecule has 0 radical (unpaired) electrons. The molecule has 0 unspecified atom stereocenters. The molecule has 3 N–H and O–H groups in total. The quantitative estimate of drug-likeness (QED) is 0.482. The fourth-order valence-corrected chi connectivity index (χ4v) is 0.675. The Morgan fingerprint density at radius 2 is 2.45 bits per heavy atom. The summed E-state index contributed by atoms with van der Waals surface area (Å²) in [5.74, 6) is 5.06. The number of rotatable bonds is 2. The first-order chi connectivity index (χ1) is 5.27. The van der Waals surface area contributed by atoms with Gasteiger partial charge in [0.1, 0.15) is 5.82 Å². The number of aromatic nitrogens is 2. The third-order valence-corrected chi connectivity index (χ3v) is 1.25. The number of hydrogen-bond donors (Lipinski definition) is 2. The number of halogens is 1. The summed E-state index contributed by atoms with van der Waals surface area (Å²) >= 11 is 0. The highest BCUT2D eigenvalue weighted by molar-refractivity contribution is 5.32. The summed E-state index contributed by atoms with van der Waals surface area (Å²) in [6.07, 6.45) is 1.76. The zero-order chi connectivity index (χ0) is 8.27. The molecule has 0 amide bonds. The maximum absolute atomic E-state index is 12.6. The van der Waals surface area contributed by atoms with Crippen LogP contribution < -0.4 is 11.3 Å². The van der Waals surface area contributed by atoms with Crippen LogP contribution in [0.2, 0.25) is 0 Å². The monoisotopic (exact) mass is 156 g/mol. The Hall–Kier alpha value is -1.23. The maximum atomic E-state index is 12.6. The normalized spacial score (nSPS) is 9.73. The van der Waals surface area contributed by atoms with E-state index in [1.54, 1.807) is 0 Å². The lowest BCUT2D eigenvalue weighted by atomic mass is 10.4. The SMILES string of the molecule is CCc1ncc(F)c(NN)n1. The van der Waals surface area contributed by atoms with Gasteiger partial charge in [-0.3, -0.25) is 0 Å². The van der Waals surface area contributed by atoms with Crippen molar-refractivity contribution in [1.82, 2.24) is 9.97 Å². The minimum absolute atomic E-state index is 0.0388. The average Bonchev–Trinajstić information content (AvgIpc) is 2.05. The van der Waals surface area contributed by atoms with Gasteiger partial charge in [-0.25, -0.2) is 20.2 Å². The molecule has 60 valence electrons. The van der Waals surface area contributed by atoms with Crippen molar-refractivity contribution in [3.05, 3.63) is 17.8 Å². The van der Waals surface area contributed by atoms with Crippen LogP contribution in [0.15, 0.2) is 6.20 Å². The molecule has 0 fully saturated rings. The van der Waals surface area contributed by atoms with Gasteiger partial charge in [-0.1, -0.05) is 6.92 Å². The van der Waals surface area contributed by atoms with E-state index in [0.29, 0.717) is 12.2 Å². The zero-order valence-electron chi connectivity index (χ0n) is 6.13. The van der Waals surface area contributed by atoms with Gasteiger partial charge >= 0.3 is 0 Å². The molecule has 0 saturated carbocycles. The molecule has 11 heavy (non-hydrogen) atoms. The molecule has 0 spiro atoms. The molecule has 0 saturated heterocycles. The summed E-state index contributed by atoms with van der Waals surface area (Å²) in [6, 6.07) is 0. The van der Waals surface area contributed by atoms with E-state index in [9.17, 15) is 4.39 Å². The van der Waals surface area contributed by atoms with Gasteiger partial charge in [0.25, 0.3) is 0 Å². The third-order valence-electron chi connectivity index (χ3n) is 1.25. The van der Waals surface area contributed by atoms with E-state index in [2.05, 4.69) is 15.4 Å². The molecule has 1 rings (SSSR count). The fourth-order valence-electron chi connectivity index (χ4n) is 0.675. The fraction of sp³-hybridized carbons (Fsp3) is 0.333. The molecular formula is C6H9FN4. The molecule has 1 heterocycles. The van der Waals surface area contributed by atoms with Crippen molar-refractivity contribution < 1.29 is 4.39 Å². The highest BCUT2D eigenvalue weighted by Crippen LogP contribution is 2.06. The first-order valence-electron chi connectivity index (χ1n) is 3.26. The van der Waals surface area contributed by atoms with Gasteiger partial charge in [0, 0.05) is 6.42 Å². The van der Waals surface area contributed by atoms with Crippen LogP contribution in [0.1, 0.15) is 12.7 Å². The number of nitrogens with one attached hydrogen (secondary N) is 1. The smallest absolute Gasteiger partial charge is 0.185 e. The number of anilines is 1. The van der Waals surface area contributed by atoms with Crippen molar-refractivity contribution in [2.24, 2.45) is 5.84 Å². The van der Waals surface area contributed by atoms with Crippen LogP contribution in [0.3, 0.4) is 0 Å². The van der Waals surface area contributed by atoms with Crippen molar-refractivity contribution >= 4 is 5.82 Å². The number of aryl methyl sites for hydroxylation is 1. The molecule has 1 aromatic heterocycles. The Labute approximate surface area is 63.6 Å². The van der Waals surface area contributed by atoms with Gasteiger partial charge in [-0.2, -0.15) is 0 Å². The minimum atomic E-state index is -0.537. The molecule has 0 atom stereocenters. The van der Waals surface area contributed by atoms with E-state index in [-0.39, 0.29) is 5.82 Å². The van der Waals surface area contributed by atoms with E-state index in [1.165, 1.54) is 0 Å². The van der Waals surface area contributed by atoms with Crippen molar-refractivity contribution in [2.75, 3.05) is 5.43 Å². The summed E-state index contributed by atoms with van der Waals surface area (Å²) in [7, 11) is 0. The maximum Gasteiger partial charge on any atom is 0.185 e. The minimum Gasteiger partial charge on any atom is -0.306 e. The van der Waals surface area contributed by atoms with Crippen LogP contribution >= 0.6 is 0 Å². The molecule has 1 aromatic rings. The van der Waals surface area contributed by atoms with Crippen molar-refractivity contribution in [1.29, 1.82) is 0 Å². The predicted octanol–water partition coefficient (Wildman–Crippen LogP) is 0.464. The molecule has 5 heteroatoms. The van der Waals surface area contributed by atoms with Crippen LogP contribution in [-0.4, -0.2) is 9.97 Å². The Kier molecular flexibility index (Phi) is 2.32. The molecule has 0 aromatic carbocycles. The lowest BCUT2D eigenvalue weighted by Gasteiger charge is -2.01. The number of hydrogen-bond acceptors (Lipinski definition) is 4. The van der Waals surface area contributed by atoms with Gasteiger partial charge in [0.15, 0.2) is 11.6 Å². The van der Waals surface area contributed by atoms with Crippen LogP contribution in [0, 0.1) is 5.82 Å². The molecule has 4 nitrogen and oxygen atoms in total. The second kappa shape index (κ2) is 3.25. The number of hydrazine groups is 1. The van der Waals surface area contributed by atoms with E-state index < -0.39 is 5.82 Å². The summed E-state index contributed by atoms with van der Waals surface area (Å²) in [5.41, 5.74) is 2.14. The predicted molar refractivity (Wildman–Crippen MR) is 39.2 cm³/mol. The summed E-state index contributed by atoms with van der Waals surface area (Å²) in [4.78, 5) is 7.51. The molecule has 0 aliphatic heterocycles. The number of nitrogens with two attached hydrogens (primary N) is 1. The highest BCUT2D eigenvalue weighted by Gasteiger charge is 2.02. The first kappa shape index (κ1) is 7.87. The van der Waals surface area contributed by atoms with E-state index in [0.717, 1.165) is 6.20 Å². The van der Waals surface area contributed by atoms with Gasteiger partial charge in [-0.05, 0) is 0 Å². The van der Waals surface area contributed by atoms with Gasteiger partial charge in [-0.15, -0.1) is 0 Å². The molecule has 0 bridgehead atoms. The average molecular weight is 156 g/mol. The van der Waals surface area contributed by atoms with Gasteiger partial charge < -0.3 is 5.43 Å². The van der Waals surface area contributed by atoms with Crippen LogP contribution in [0.5, 0.6) is 0 Å². The summed E-state index contributed by atoms with van der Waals surface area (Å²) in [6.45, 7) is 1.88. The molecular weight excluding hydrogens is 147 g/mol. The summed E-state index contributed by atoms with van der Waals surface area (Å²) in [5, 5.41) is 0. The lowest BCUT2D eigenvalue weighted by molar-refractivity contribution is 0.613. The van der Waals surface area contributed by atoms with Crippen LogP contribution in [0.4, 0.5) is 10.2 Å². The van der Waals surface area contributed by atoms with E-state index in [4.69, 9.17) is 5.84 Å². The lowest BCUT2D eigenvalue weighted by Crippen LogP contribution is -2.12. The van der Waals surface area contributed by atoms with Crippen molar-refractivity contribution in [3.8, 4) is 0 Å². The van der Waals surface area contributed by atoms with Gasteiger partial charge in [0.05, 0.1) is 6.20 Å². The second-order valence-corrected chi connectivity index (χ2v) is 1.98. The molecule has 0 aliphatic rings. The third kappa shape index (κ3) is 1.62. The van der Waals surface area contributed by atoms with Gasteiger partial charge in [0.2, 0.25) is 0 Å². The number of nitrogen functional groups attached to an aromatic ring is 1. The Morgan fingerprint density at radius 3 is 3.00 bits per heavy atom. The Morgan fingerprint density at radius 1 is 1.73 bits per heavy atom. The van der Waals surface area contributed by atoms with Crippen LogP contribution in [-0.2, 0) is 6.42 Å². The Bertz CT molecular complexity index is 250. The van der Waals surface area contributed by atoms with E-state index >= 15 is 0 Å². The van der Waals surface area contributed by atoms with Crippen molar-refractivity contribution in [2.45, 2.75) is 13.3 Å². The Balaban J connectivity index is 3.02. The zero-order valence-corrected chi connectivity index (χ0v) is 6.13. The second-order valence-electron chi connectivity index (χ2n) is 1.98. The van der Waals surface area contributed by atoms with Crippen LogP contribution in [0.25, 0.3) is 0 Å². The van der Waals surface area contributed by atoms with E-state index in [1.807, 2.05) is 6.92 Å². The summed E-state index contributed by atoms with van der Waals surface area (Å²) < 4.78 is 12.6. The topological polar surface area (TPSA) is 63.8 Å². The standard InChI is InChI=1S/C6H9FN4/c1-2-5-9-3-4(7)6(10-5)11-8/h3H,2,8H2,1H3,(H,9,10,11). The first-order valence-corrected chi connectivity index (χ1v) is 3.26. The number of nitrogens with zero attached hydrogens (tertiary/aromatic N) is 2. The molecule has 0 aliphatic carbocycles.